The lowest BCUT2D eigenvalue weighted by atomic mass is 10.0. The van der Waals surface area contributed by atoms with E-state index in [9.17, 15) is 4.79 Å². The van der Waals surface area contributed by atoms with Crippen molar-refractivity contribution >= 4 is 5.91 Å². The van der Waals surface area contributed by atoms with Crippen LogP contribution in [0.25, 0.3) is 0 Å². The van der Waals surface area contributed by atoms with Crippen molar-refractivity contribution < 1.29 is 9.53 Å². The zero-order valence-corrected chi connectivity index (χ0v) is 8.74. The third kappa shape index (κ3) is 2.07. The molecule has 4 nitrogen and oxygen atoms in total. The number of carbonyl (C=O) groups is 1. The van der Waals surface area contributed by atoms with Gasteiger partial charge < -0.3 is 14.5 Å². The first-order valence-electron chi connectivity index (χ1n) is 5.33. The van der Waals surface area contributed by atoms with Crippen LogP contribution in [-0.4, -0.2) is 61.6 Å². The summed E-state index contributed by atoms with van der Waals surface area (Å²) < 4.78 is 5.12. The molecule has 0 radical (unpaired) electrons. The van der Waals surface area contributed by atoms with E-state index in [1.165, 1.54) is 0 Å². The Balaban J connectivity index is 1.90. The first-order chi connectivity index (χ1) is 6.77. The first kappa shape index (κ1) is 9.93. The standard InChI is InChI=1S/C10H18N2O2/c1-11-4-2-9(3-5-11)12-6-7-14-8-10(12)13/h9H,2-8H2,1H3. The highest BCUT2D eigenvalue weighted by atomic mass is 16.5. The fourth-order valence-corrected chi connectivity index (χ4v) is 2.22. The van der Waals surface area contributed by atoms with Crippen molar-refractivity contribution in [2.45, 2.75) is 18.9 Å². The first-order valence-corrected chi connectivity index (χ1v) is 5.33. The van der Waals surface area contributed by atoms with Gasteiger partial charge in [0, 0.05) is 12.6 Å². The number of ether oxygens (including phenoxy) is 1. The summed E-state index contributed by atoms with van der Waals surface area (Å²) in [6, 6.07) is 0.461. The Labute approximate surface area is 84.8 Å². The van der Waals surface area contributed by atoms with Crippen molar-refractivity contribution in [3.8, 4) is 0 Å². The smallest absolute Gasteiger partial charge is 0.248 e. The van der Waals surface area contributed by atoms with Crippen LogP contribution in [-0.2, 0) is 9.53 Å². The number of nitrogens with zero attached hydrogens (tertiary/aromatic N) is 2. The topological polar surface area (TPSA) is 32.8 Å². The van der Waals surface area contributed by atoms with E-state index in [-0.39, 0.29) is 12.5 Å². The molecule has 1 amide bonds. The summed E-state index contributed by atoms with van der Waals surface area (Å²) in [5.74, 6) is 0.172. The molecule has 14 heavy (non-hydrogen) atoms. The van der Waals surface area contributed by atoms with Gasteiger partial charge in [0.25, 0.3) is 0 Å². The van der Waals surface area contributed by atoms with Gasteiger partial charge in [-0.3, -0.25) is 4.79 Å². The lowest BCUT2D eigenvalue weighted by Gasteiger charge is -2.39. The van der Waals surface area contributed by atoms with Gasteiger partial charge in [-0.05, 0) is 33.0 Å². The van der Waals surface area contributed by atoms with Crippen molar-refractivity contribution in [2.75, 3.05) is 39.9 Å². The average molecular weight is 198 g/mol. The summed E-state index contributed by atoms with van der Waals surface area (Å²) in [7, 11) is 2.14. The molecule has 0 spiro atoms. The molecular formula is C10H18N2O2. The van der Waals surface area contributed by atoms with Crippen LogP contribution in [0.15, 0.2) is 0 Å². The Kier molecular flexibility index (Phi) is 3.03. The molecule has 0 aromatic carbocycles. The molecule has 0 N–H and O–H groups in total. The normalized spacial score (nSPS) is 26.9. The summed E-state index contributed by atoms with van der Waals surface area (Å²) in [4.78, 5) is 15.9. The van der Waals surface area contributed by atoms with E-state index in [4.69, 9.17) is 4.74 Å². The number of morpholine rings is 1. The zero-order valence-electron chi connectivity index (χ0n) is 8.74. The number of likely N-dealkylation sites (tertiary alicyclic amines) is 1. The van der Waals surface area contributed by atoms with Gasteiger partial charge in [0.15, 0.2) is 0 Å². The Morgan fingerprint density at radius 3 is 2.64 bits per heavy atom. The Hall–Kier alpha value is -0.610. The van der Waals surface area contributed by atoms with Crippen molar-refractivity contribution in [2.24, 2.45) is 0 Å². The fraction of sp³-hybridized carbons (Fsp3) is 0.900. The van der Waals surface area contributed by atoms with E-state index >= 15 is 0 Å². The van der Waals surface area contributed by atoms with Crippen LogP contribution in [0.5, 0.6) is 0 Å². The molecule has 80 valence electrons. The quantitative estimate of drug-likeness (QED) is 0.592. The molecule has 2 fully saturated rings. The summed E-state index contributed by atoms with van der Waals surface area (Å²) in [6.45, 7) is 3.99. The maximum atomic E-state index is 11.6. The van der Waals surface area contributed by atoms with Crippen LogP contribution in [0, 0.1) is 0 Å². The highest BCUT2D eigenvalue weighted by molar-refractivity contribution is 5.78. The van der Waals surface area contributed by atoms with E-state index in [0.717, 1.165) is 32.5 Å². The molecule has 2 rings (SSSR count). The molecule has 0 aliphatic carbocycles. The third-order valence-electron chi connectivity index (χ3n) is 3.15. The molecule has 0 bridgehead atoms. The van der Waals surface area contributed by atoms with Crippen LogP contribution >= 0.6 is 0 Å². The summed E-state index contributed by atoms with van der Waals surface area (Å²) in [6.07, 6.45) is 2.23. The molecule has 0 atom stereocenters. The average Bonchev–Trinajstić information content (AvgIpc) is 2.20. The molecule has 4 heteroatoms. The van der Waals surface area contributed by atoms with Gasteiger partial charge in [-0.1, -0.05) is 0 Å². The van der Waals surface area contributed by atoms with Crippen molar-refractivity contribution in [3.63, 3.8) is 0 Å². The lowest BCUT2D eigenvalue weighted by Crippen LogP contribution is -2.51. The number of piperidine rings is 1. The maximum Gasteiger partial charge on any atom is 0.248 e. The van der Waals surface area contributed by atoms with Gasteiger partial charge in [-0.15, -0.1) is 0 Å². The lowest BCUT2D eigenvalue weighted by molar-refractivity contribution is -0.146. The van der Waals surface area contributed by atoms with Gasteiger partial charge in [0.1, 0.15) is 6.61 Å². The predicted molar refractivity (Wildman–Crippen MR) is 53.1 cm³/mol. The number of hydrogen-bond acceptors (Lipinski definition) is 3. The van der Waals surface area contributed by atoms with Crippen molar-refractivity contribution in [3.05, 3.63) is 0 Å². The van der Waals surface area contributed by atoms with Crippen LogP contribution in [0.4, 0.5) is 0 Å². The second-order valence-electron chi connectivity index (χ2n) is 4.17. The number of hydrogen-bond donors (Lipinski definition) is 0. The zero-order chi connectivity index (χ0) is 9.97. The van der Waals surface area contributed by atoms with E-state index in [2.05, 4.69) is 11.9 Å². The molecule has 2 aliphatic rings. The van der Waals surface area contributed by atoms with E-state index in [1.54, 1.807) is 0 Å². The van der Waals surface area contributed by atoms with E-state index in [0.29, 0.717) is 12.6 Å². The van der Waals surface area contributed by atoms with Crippen LogP contribution in [0.3, 0.4) is 0 Å². The second kappa shape index (κ2) is 4.28. The van der Waals surface area contributed by atoms with Gasteiger partial charge in [-0.25, -0.2) is 0 Å². The number of rotatable bonds is 1. The van der Waals surface area contributed by atoms with Gasteiger partial charge in [-0.2, -0.15) is 0 Å². The van der Waals surface area contributed by atoms with Crippen LogP contribution in [0.2, 0.25) is 0 Å². The molecular weight excluding hydrogens is 180 g/mol. The Morgan fingerprint density at radius 2 is 2.00 bits per heavy atom. The minimum atomic E-state index is 0.172. The highest BCUT2D eigenvalue weighted by Gasteiger charge is 2.28. The second-order valence-corrected chi connectivity index (χ2v) is 4.17. The SMILES string of the molecule is CN1CCC(N2CCOCC2=O)CC1. The van der Waals surface area contributed by atoms with Gasteiger partial charge in [0.05, 0.1) is 6.61 Å². The van der Waals surface area contributed by atoms with Crippen LogP contribution in [0.1, 0.15) is 12.8 Å². The fourth-order valence-electron chi connectivity index (χ4n) is 2.22. The predicted octanol–water partition coefficient (Wildman–Crippen LogP) is -0.0606. The number of amides is 1. The minimum Gasteiger partial charge on any atom is -0.370 e. The molecule has 0 aromatic heterocycles. The van der Waals surface area contributed by atoms with Gasteiger partial charge >= 0.3 is 0 Å². The van der Waals surface area contributed by atoms with Crippen molar-refractivity contribution in [1.82, 2.24) is 9.80 Å². The summed E-state index contributed by atoms with van der Waals surface area (Å²) in [5, 5.41) is 0. The minimum absolute atomic E-state index is 0.172. The third-order valence-corrected chi connectivity index (χ3v) is 3.15. The molecule has 0 aromatic rings. The monoisotopic (exact) mass is 198 g/mol. The maximum absolute atomic E-state index is 11.6. The number of carbonyl (C=O) groups excluding carboxylic acids is 1. The van der Waals surface area contributed by atoms with Crippen molar-refractivity contribution in [1.29, 1.82) is 0 Å². The van der Waals surface area contributed by atoms with Gasteiger partial charge in [0.2, 0.25) is 5.91 Å². The molecule has 0 unspecified atom stereocenters. The molecule has 0 saturated carbocycles. The van der Waals surface area contributed by atoms with E-state index < -0.39 is 0 Å². The van der Waals surface area contributed by atoms with Crippen LogP contribution < -0.4 is 0 Å². The highest BCUT2D eigenvalue weighted by Crippen LogP contribution is 2.17. The molecule has 2 saturated heterocycles. The Morgan fingerprint density at radius 1 is 1.29 bits per heavy atom. The summed E-state index contributed by atoms with van der Waals surface area (Å²) in [5.41, 5.74) is 0. The summed E-state index contributed by atoms with van der Waals surface area (Å²) >= 11 is 0. The molecule has 2 heterocycles. The molecule has 2 aliphatic heterocycles. The largest absolute Gasteiger partial charge is 0.370 e. The van der Waals surface area contributed by atoms with E-state index in [1.807, 2.05) is 4.90 Å². The Bertz CT molecular complexity index is 212.